The average Bonchev–Trinajstić information content (AvgIpc) is 2.91. The third kappa shape index (κ3) is 2.91. The second-order valence-electron chi connectivity index (χ2n) is 4.96. The molecule has 0 aliphatic rings. The van der Waals surface area contributed by atoms with Gasteiger partial charge in [0.2, 0.25) is 0 Å². The number of hydrogen-bond acceptors (Lipinski definition) is 3. The first-order valence-electron chi connectivity index (χ1n) is 6.62. The van der Waals surface area contributed by atoms with Gasteiger partial charge in [-0.25, -0.2) is 14.1 Å². The molecule has 0 spiro atoms. The maximum absolute atomic E-state index is 13.1. The number of rotatable bonds is 3. The third-order valence-electron chi connectivity index (χ3n) is 3.34. The maximum Gasteiger partial charge on any atom is 0.181 e. The SMILES string of the molecule is Cc1cc(F)ccc1Cn1cnc(-c2ccc(N)cc2)n1. The van der Waals surface area contributed by atoms with Crippen molar-refractivity contribution in [2.24, 2.45) is 0 Å². The van der Waals surface area contributed by atoms with Gasteiger partial charge in [0.15, 0.2) is 5.82 Å². The van der Waals surface area contributed by atoms with E-state index in [0.717, 1.165) is 16.7 Å². The highest BCUT2D eigenvalue weighted by molar-refractivity contribution is 5.57. The van der Waals surface area contributed by atoms with Crippen molar-refractivity contribution in [3.8, 4) is 11.4 Å². The number of aromatic nitrogens is 3. The van der Waals surface area contributed by atoms with Gasteiger partial charge in [-0.05, 0) is 54.4 Å². The molecule has 0 atom stereocenters. The zero-order valence-electron chi connectivity index (χ0n) is 11.6. The number of aryl methyl sites for hydroxylation is 1. The van der Waals surface area contributed by atoms with E-state index >= 15 is 0 Å². The van der Waals surface area contributed by atoms with Crippen molar-refractivity contribution >= 4 is 5.69 Å². The lowest BCUT2D eigenvalue weighted by molar-refractivity contribution is 0.622. The van der Waals surface area contributed by atoms with Crippen LogP contribution in [0.2, 0.25) is 0 Å². The summed E-state index contributed by atoms with van der Waals surface area (Å²) in [5, 5.41) is 4.44. The van der Waals surface area contributed by atoms with E-state index in [4.69, 9.17) is 5.73 Å². The average molecular weight is 282 g/mol. The highest BCUT2D eigenvalue weighted by Gasteiger charge is 2.06. The minimum absolute atomic E-state index is 0.225. The minimum Gasteiger partial charge on any atom is -0.399 e. The number of hydrogen-bond donors (Lipinski definition) is 1. The topological polar surface area (TPSA) is 56.7 Å². The summed E-state index contributed by atoms with van der Waals surface area (Å²) in [7, 11) is 0. The second-order valence-corrected chi connectivity index (χ2v) is 4.96. The lowest BCUT2D eigenvalue weighted by Crippen LogP contribution is -2.02. The van der Waals surface area contributed by atoms with Gasteiger partial charge in [-0.2, -0.15) is 5.10 Å². The van der Waals surface area contributed by atoms with Crippen LogP contribution in [0, 0.1) is 12.7 Å². The number of halogens is 1. The number of benzene rings is 2. The molecule has 2 aromatic carbocycles. The van der Waals surface area contributed by atoms with Crippen molar-refractivity contribution in [1.82, 2.24) is 14.8 Å². The quantitative estimate of drug-likeness (QED) is 0.751. The molecule has 0 aliphatic heterocycles. The van der Waals surface area contributed by atoms with E-state index in [0.29, 0.717) is 18.1 Å². The molecule has 0 amide bonds. The Labute approximate surface area is 122 Å². The van der Waals surface area contributed by atoms with Gasteiger partial charge >= 0.3 is 0 Å². The van der Waals surface area contributed by atoms with Gasteiger partial charge in [0.05, 0.1) is 6.54 Å². The van der Waals surface area contributed by atoms with Crippen molar-refractivity contribution in [2.45, 2.75) is 13.5 Å². The first kappa shape index (κ1) is 13.3. The molecule has 0 saturated heterocycles. The van der Waals surface area contributed by atoms with E-state index in [9.17, 15) is 4.39 Å². The summed E-state index contributed by atoms with van der Waals surface area (Å²) in [5.74, 6) is 0.423. The van der Waals surface area contributed by atoms with Crippen LogP contribution in [0.25, 0.3) is 11.4 Å². The van der Waals surface area contributed by atoms with Crippen LogP contribution in [-0.2, 0) is 6.54 Å². The minimum atomic E-state index is -0.225. The Balaban J connectivity index is 1.83. The molecule has 0 radical (unpaired) electrons. The van der Waals surface area contributed by atoms with Crippen molar-refractivity contribution in [3.63, 3.8) is 0 Å². The maximum atomic E-state index is 13.1. The Kier molecular flexibility index (Phi) is 3.39. The van der Waals surface area contributed by atoms with E-state index in [-0.39, 0.29) is 5.82 Å². The lowest BCUT2D eigenvalue weighted by atomic mass is 10.1. The summed E-state index contributed by atoms with van der Waals surface area (Å²) >= 11 is 0. The summed E-state index contributed by atoms with van der Waals surface area (Å²) in [4.78, 5) is 4.30. The molecule has 106 valence electrons. The van der Waals surface area contributed by atoms with Crippen LogP contribution in [0.4, 0.5) is 10.1 Å². The monoisotopic (exact) mass is 282 g/mol. The summed E-state index contributed by atoms with van der Waals surface area (Å²) in [5.41, 5.74) is 9.21. The van der Waals surface area contributed by atoms with Crippen LogP contribution >= 0.6 is 0 Å². The predicted molar refractivity (Wildman–Crippen MR) is 80.1 cm³/mol. The van der Waals surface area contributed by atoms with E-state index in [1.807, 2.05) is 31.2 Å². The molecule has 1 heterocycles. The normalized spacial score (nSPS) is 10.8. The standard InChI is InChI=1S/C16H15FN4/c1-11-8-14(17)5-2-13(11)9-21-10-19-16(20-21)12-3-6-15(18)7-4-12/h2-8,10H,9,18H2,1H3. The van der Waals surface area contributed by atoms with Gasteiger partial charge in [0, 0.05) is 11.3 Å². The molecule has 5 heteroatoms. The van der Waals surface area contributed by atoms with Gasteiger partial charge in [-0.15, -0.1) is 0 Å². The molecular formula is C16H15FN4. The van der Waals surface area contributed by atoms with Crippen molar-refractivity contribution < 1.29 is 4.39 Å². The fourth-order valence-corrected chi connectivity index (χ4v) is 2.15. The van der Waals surface area contributed by atoms with Gasteiger partial charge in [0.1, 0.15) is 12.1 Å². The molecule has 1 aromatic heterocycles. The van der Waals surface area contributed by atoms with E-state index in [1.165, 1.54) is 12.1 Å². The highest BCUT2D eigenvalue weighted by Crippen LogP contribution is 2.17. The van der Waals surface area contributed by atoms with Gasteiger partial charge in [0.25, 0.3) is 0 Å². The number of anilines is 1. The van der Waals surface area contributed by atoms with Crippen molar-refractivity contribution in [1.29, 1.82) is 0 Å². The zero-order chi connectivity index (χ0) is 14.8. The van der Waals surface area contributed by atoms with Gasteiger partial charge in [-0.1, -0.05) is 6.07 Å². The van der Waals surface area contributed by atoms with Crippen LogP contribution in [0.5, 0.6) is 0 Å². The molecule has 4 nitrogen and oxygen atoms in total. The largest absolute Gasteiger partial charge is 0.399 e. The fourth-order valence-electron chi connectivity index (χ4n) is 2.15. The Morgan fingerprint density at radius 2 is 1.90 bits per heavy atom. The predicted octanol–water partition coefficient (Wildman–Crippen LogP) is 3.02. The molecule has 0 saturated carbocycles. The van der Waals surface area contributed by atoms with E-state index in [2.05, 4.69) is 10.1 Å². The molecule has 2 N–H and O–H groups in total. The fraction of sp³-hybridized carbons (Fsp3) is 0.125. The molecule has 3 rings (SSSR count). The third-order valence-corrected chi connectivity index (χ3v) is 3.34. The first-order chi connectivity index (χ1) is 10.1. The summed E-state index contributed by atoms with van der Waals surface area (Å²) < 4.78 is 14.8. The first-order valence-corrected chi connectivity index (χ1v) is 6.62. The zero-order valence-corrected chi connectivity index (χ0v) is 11.6. The van der Waals surface area contributed by atoms with Crippen LogP contribution in [0.15, 0.2) is 48.8 Å². The Morgan fingerprint density at radius 3 is 2.62 bits per heavy atom. The molecule has 0 fully saturated rings. The molecule has 21 heavy (non-hydrogen) atoms. The Hall–Kier alpha value is -2.69. The van der Waals surface area contributed by atoms with Crippen LogP contribution in [0.3, 0.4) is 0 Å². The van der Waals surface area contributed by atoms with Crippen LogP contribution < -0.4 is 5.73 Å². The Morgan fingerprint density at radius 1 is 1.14 bits per heavy atom. The van der Waals surface area contributed by atoms with Crippen molar-refractivity contribution in [2.75, 3.05) is 5.73 Å². The lowest BCUT2D eigenvalue weighted by Gasteiger charge is -2.05. The van der Waals surface area contributed by atoms with Crippen molar-refractivity contribution in [3.05, 3.63) is 65.7 Å². The number of nitrogen functional groups attached to an aromatic ring is 1. The molecular weight excluding hydrogens is 267 g/mol. The van der Waals surface area contributed by atoms with Crippen LogP contribution in [-0.4, -0.2) is 14.8 Å². The van der Waals surface area contributed by atoms with E-state index < -0.39 is 0 Å². The molecule has 0 bridgehead atoms. The number of nitrogens with two attached hydrogens (primary N) is 1. The second kappa shape index (κ2) is 5.36. The van der Waals surface area contributed by atoms with Gasteiger partial charge in [-0.3, -0.25) is 0 Å². The highest BCUT2D eigenvalue weighted by atomic mass is 19.1. The summed E-state index contributed by atoms with van der Waals surface area (Å²) in [6, 6.07) is 12.2. The Bertz CT molecular complexity index is 762. The molecule has 0 aliphatic carbocycles. The van der Waals surface area contributed by atoms with E-state index in [1.54, 1.807) is 17.1 Å². The van der Waals surface area contributed by atoms with Crippen LogP contribution in [0.1, 0.15) is 11.1 Å². The molecule has 3 aromatic rings. The summed E-state index contributed by atoms with van der Waals surface area (Å²) in [6.07, 6.45) is 1.68. The summed E-state index contributed by atoms with van der Waals surface area (Å²) in [6.45, 7) is 2.45. The molecule has 0 unspecified atom stereocenters. The number of nitrogens with zero attached hydrogens (tertiary/aromatic N) is 3. The van der Waals surface area contributed by atoms with Gasteiger partial charge < -0.3 is 5.73 Å². The smallest absolute Gasteiger partial charge is 0.181 e.